The summed E-state index contributed by atoms with van der Waals surface area (Å²) >= 11 is 0. The zero-order chi connectivity index (χ0) is 25.8. The number of halogens is 2. The molecule has 0 fully saturated rings. The molecule has 2 aliphatic heterocycles. The number of nitrogens with one attached hydrogen (secondary N) is 2. The van der Waals surface area contributed by atoms with Crippen LogP contribution in [0.5, 0.6) is 0 Å². The summed E-state index contributed by atoms with van der Waals surface area (Å²) in [5, 5.41) is 10.5. The number of amides is 1. The molecule has 2 bridgehead atoms. The van der Waals surface area contributed by atoms with Gasteiger partial charge in [-0.25, -0.2) is 8.78 Å². The number of fused-ring (bicyclic) bond motifs is 8. The highest BCUT2D eigenvalue weighted by Gasteiger charge is 2.43. The van der Waals surface area contributed by atoms with E-state index in [0.29, 0.717) is 28.8 Å². The van der Waals surface area contributed by atoms with Gasteiger partial charge in [-0.15, -0.1) is 0 Å². The number of benzene rings is 4. The third-order valence-electron chi connectivity index (χ3n) is 7.17. The van der Waals surface area contributed by atoms with Gasteiger partial charge in [0.1, 0.15) is 29.7 Å². The van der Waals surface area contributed by atoms with Gasteiger partial charge in [0.15, 0.2) is 0 Å². The van der Waals surface area contributed by atoms with Crippen LogP contribution in [0.2, 0.25) is 0 Å². The second-order valence-electron chi connectivity index (χ2n) is 9.45. The Kier molecular flexibility index (Phi) is 5.38. The minimum Gasteiger partial charge on any atom is -0.384 e. The number of carbonyl (C=O) groups excluding carboxylic acids is 1. The molecule has 0 aliphatic carbocycles. The van der Waals surface area contributed by atoms with Crippen molar-refractivity contribution in [2.45, 2.75) is 25.7 Å². The number of ether oxygens (including phenoxy) is 1. The third-order valence-corrected chi connectivity index (χ3v) is 7.17. The molecule has 0 aromatic heterocycles. The van der Waals surface area contributed by atoms with Crippen LogP contribution in [0.15, 0.2) is 72.8 Å². The lowest BCUT2D eigenvalue weighted by Gasteiger charge is -2.18. The van der Waals surface area contributed by atoms with Crippen LogP contribution in [0.3, 0.4) is 0 Å². The molecular weight excluding hydrogens is 472 g/mol. The molecule has 2 heterocycles. The van der Waals surface area contributed by atoms with Crippen LogP contribution in [0, 0.1) is 24.0 Å². The predicted octanol–water partition coefficient (Wildman–Crippen LogP) is 5.68. The molecule has 1 amide bonds. The van der Waals surface area contributed by atoms with E-state index in [-0.39, 0.29) is 24.0 Å². The Bertz CT molecular complexity index is 1610. The van der Waals surface area contributed by atoms with Crippen molar-refractivity contribution < 1.29 is 18.3 Å². The Morgan fingerprint density at radius 1 is 0.892 bits per heavy atom. The fourth-order valence-corrected chi connectivity index (χ4v) is 5.22. The standard InChI is InChI=1S/C30H23F2N3O2/c1-15-10-17(29(33)34)2-3-19(15)14-35-30(36)18-5-8-23-25(12-18)28-24-11-16(4-7-22(24)27(23)37-28)21-9-6-20(31)13-26(21)32/h2-13,27-28H,14H2,1H3,(H3,33,34)(H,35,36). The second-order valence-corrected chi connectivity index (χ2v) is 9.45. The van der Waals surface area contributed by atoms with E-state index in [1.165, 1.54) is 12.1 Å². The van der Waals surface area contributed by atoms with Crippen molar-refractivity contribution >= 4 is 11.7 Å². The van der Waals surface area contributed by atoms with Crippen molar-refractivity contribution in [3.63, 3.8) is 0 Å². The van der Waals surface area contributed by atoms with Gasteiger partial charge in [0.2, 0.25) is 0 Å². The molecular formula is C30H23F2N3O2. The minimum atomic E-state index is -0.618. The number of nitrogen functional groups attached to an aromatic ring is 1. The highest BCUT2D eigenvalue weighted by atomic mass is 19.1. The van der Waals surface area contributed by atoms with Gasteiger partial charge in [0, 0.05) is 29.3 Å². The van der Waals surface area contributed by atoms with Crippen LogP contribution in [-0.2, 0) is 11.3 Å². The smallest absolute Gasteiger partial charge is 0.251 e. The molecule has 4 aromatic rings. The van der Waals surface area contributed by atoms with E-state index in [4.69, 9.17) is 15.9 Å². The Labute approximate surface area is 212 Å². The van der Waals surface area contributed by atoms with Crippen LogP contribution in [0.1, 0.15) is 61.5 Å². The molecule has 0 radical (unpaired) electrons. The first-order valence-corrected chi connectivity index (χ1v) is 11.9. The van der Waals surface area contributed by atoms with E-state index in [0.717, 1.165) is 39.4 Å². The SMILES string of the molecule is Cc1cc(C(=N)N)ccc1CNC(=O)c1ccc2c(c1)C1OC2c2ccc(-c3ccc(F)cc3F)cc21. The normalized spacial score (nSPS) is 16.8. The van der Waals surface area contributed by atoms with Gasteiger partial charge in [-0.3, -0.25) is 10.2 Å². The number of amidine groups is 1. The average molecular weight is 496 g/mol. The first-order valence-electron chi connectivity index (χ1n) is 11.9. The number of hydrogen-bond donors (Lipinski definition) is 3. The van der Waals surface area contributed by atoms with Crippen molar-refractivity contribution in [3.8, 4) is 11.1 Å². The molecule has 0 spiro atoms. The van der Waals surface area contributed by atoms with E-state index >= 15 is 0 Å². The Hall–Kier alpha value is -4.36. The van der Waals surface area contributed by atoms with E-state index < -0.39 is 11.6 Å². The Morgan fingerprint density at radius 3 is 2.32 bits per heavy atom. The van der Waals surface area contributed by atoms with Crippen LogP contribution in [-0.4, -0.2) is 11.7 Å². The number of aryl methyl sites for hydroxylation is 1. The van der Waals surface area contributed by atoms with Crippen LogP contribution in [0.4, 0.5) is 8.78 Å². The summed E-state index contributed by atoms with van der Waals surface area (Å²) in [5.41, 5.74) is 13.5. The van der Waals surface area contributed by atoms with Gasteiger partial charge < -0.3 is 15.8 Å². The van der Waals surface area contributed by atoms with Crippen molar-refractivity contribution in [2.75, 3.05) is 0 Å². The molecule has 0 saturated carbocycles. The largest absolute Gasteiger partial charge is 0.384 e. The summed E-state index contributed by atoms with van der Waals surface area (Å²) in [5.74, 6) is -1.44. The fraction of sp³-hybridized carbons (Fsp3) is 0.133. The maximum absolute atomic E-state index is 14.4. The highest BCUT2D eigenvalue weighted by Crippen LogP contribution is 2.54. The number of hydrogen-bond acceptors (Lipinski definition) is 3. The van der Waals surface area contributed by atoms with Crippen molar-refractivity contribution in [1.29, 1.82) is 5.41 Å². The molecule has 2 atom stereocenters. The molecule has 7 heteroatoms. The van der Waals surface area contributed by atoms with Crippen molar-refractivity contribution in [1.82, 2.24) is 5.32 Å². The topological polar surface area (TPSA) is 88.2 Å². The molecule has 6 rings (SSSR count). The zero-order valence-corrected chi connectivity index (χ0v) is 19.9. The first kappa shape index (κ1) is 23.1. The minimum absolute atomic E-state index is 0.00448. The van der Waals surface area contributed by atoms with E-state index in [1.807, 2.05) is 49.4 Å². The number of rotatable bonds is 5. The lowest BCUT2D eigenvalue weighted by atomic mass is 9.83. The predicted molar refractivity (Wildman–Crippen MR) is 136 cm³/mol. The molecule has 4 aromatic carbocycles. The Morgan fingerprint density at radius 2 is 1.59 bits per heavy atom. The maximum Gasteiger partial charge on any atom is 0.251 e. The molecule has 5 nitrogen and oxygen atoms in total. The quantitative estimate of drug-likeness (QED) is 0.246. The van der Waals surface area contributed by atoms with E-state index in [1.54, 1.807) is 12.1 Å². The monoisotopic (exact) mass is 495 g/mol. The summed E-state index contributed by atoms with van der Waals surface area (Å²) in [7, 11) is 0. The summed E-state index contributed by atoms with van der Waals surface area (Å²) in [4.78, 5) is 13.0. The number of carbonyl (C=O) groups is 1. The van der Waals surface area contributed by atoms with Crippen molar-refractivity contribution in [2.24, 2.45) is 5.73 Å². The Balaban J connectivity index is 1.24. The molecule has 2 aliphatic rings. The van der Waals surface area contributed by atoms with Gasteiger partial charge in [-0.05, 0) is 82.3 Å². The van der Waals surface area contributed by atoms with E-state index in [2.05, 4.69) is 5.32 Å². The van der Waals surface area contributed by atoms with E-state index in [9.17, 15) is 13.6 Å². The van der Waals surface area contributed by atoms with Crippen LogP contribution in [0.25, 0.3) is 11.1 Å². The van der Waals surface area contributed by atoms with Gasteiger partial charge >= 0.3 is 0 Å². The van der Waals surface area contributed by atoms with Crippen LogP contribution >= 0.6 is 0 Å². The lowest BCUT2D eigenvalue weighted by Crippen LogP contribution is -2.23. The average Bonchev–Trinajstić information content (AvgIpc) is 3.44. The summed E-state index contributed by atoms with van der Waals surface area (Å²) in [6.07, 6.45) is -0.589. The first-order chi connectivity index (χ1) is 17.8. The van der Waals surface area contributed by atoms with Crippen molar-refractivity contribution in [3.05, 3.63) is 129 Å². The van der Waals surface area contributed by atoms with Crippen LogP contribution < -0.4 is 11.1 Å². The second kappa shape index (κ2) is 8.64. The van der Waals surface area contributed by atoms with Gasteiger partial charge in [-0.1, -0.05) is 30.3 Å². The molecule has 184 valence electrons. The third kappa shape index (κ3) is 3.88. The maximum atomic E-state index is 14.4. The highest BCUT2D eigenvalue weighted by molar-refractivity contribution is 5.95. The van der Waals surface area contributed by atoms with Gasteiger partial charge in [-0.2, -0.15) is 0 Å². The summed E-state index contributed by atoms with van der Waals surface area (Å²) < 4.78 is 34.0. The van der Waals surface area contributed by atoms with Gasteiger partial charge in [0.05, 0.1) is 0 Å². The molecule has 37 heavy (non-hydrogen) atoms. The molecule has 2 unspecified atom stereocenters. The van der Waals surface area contributed by atoms with Gasteiger partial charge in [0.25, 0.3) is 5.91 Å². The fourth-order valence-electron chi connectivity index (χ4n) is 5.22. The molecule has 4 N–H and O–H groups in total. The lowest BCUT2D eigenvalue weighted by molar-refractivity contribution is 0.0857. The zero-order valence-electron chi connectivity index (χ0n) is 19.9. The summed E-state index contributed by atoms with van der Waals surface area (Å²) in [6.45, 7) is 2.26. The molecule has 0 saturated heterocycles. The summed E-state index contributed by atoms with van der Waals surface area (Å²) in [6, 6.07) is 20.2. The number of nitrogens with two attached hydrogens (primary N) is 1.